The number of halogens is 1. The molecule has 0 radical (unpaired) electrons. The maximum absolute atomic E-state index is 12.0. The van der Waals surface area contributed by atoms with Crippen LogP contribution in [0.15, 0.2) is 23.3 Å². The Bertz CT molecular complexity index is 647. The van der Waals surface area contributed by atoms with Crippen LogP contribution < -0.4 is 0 Å². The molecule has 8 unspecified atom stereocenters. The van der Waals surface area contributed by atoms with E-state index in [1.54, 1.807) is 0 Å². The highest BCUT2D eigenvalue weighted by atomic mass is 35.5. The van der Waals surface area contributed by atoms with E-state index in [0.717, 1.165) is 26.4 Å². The number of ether oxygens (including phenoxy) is 3. The number of carbonyl (C=O) groups excluding carboxylic acids is 2. The highest BCUT2D eigenvalue weighted by Crippen LogP contribution is 2.33. The summed E-state index contributed by atoms with van der Waals surface area (Å²) in [5.41, 5.74) is -0.501. The largest absolute Gasteiger partial charge is 0.466 e. The van der Waals surface area contributed by atoms with Gasteiger partial charge in [-0.2, -0.15) is 0 Å². The lowest BCUT2D eigenvalue weighted by Gasteiger charge is -2.40. The minimum Gasteiger partial charge on any atom is -0.466 e. The van der Waals surface area contributed by atoms with Gasteiger partial charge in [-0.3, -0.25) is 0 Å². The van der Waals surface area contributed by atoms with Gasteiger partial charge in [0.15, 0.2) is 0 Å². The number of alkyl halides is 1. The van der Waals surface area contributed by atoms with E-state index in [9.17, 15) is 35.1 Å². The van der Waals surface area contributed by atoms with Crippen molar-refractivity contribution < 1.29 is 49.3 Å². The first-order chi connectivity index (χ1) is 12.6. The fraction of sp³-hybridized carbons (Fsp3) is 0.625. The smallest absolute Gasteiger partial charge is 0.336 e. The quantitative estimate of drug-likeness (QED) is 0.246. The Morgan fingerprint density at radius 1 is 0.852 bits per heavy atom. The van der Waals surface area contributed by atoms with Gasteiger partial charge in [-0.05, 0) is 12.2 Å². The summed E-state index contributed by atoms with van der Waals surface area (Å²) in [4.78, 5) is 23.8. The SMILES string of the molecule is COC(=O)C1=CC(O)C(O)C(OC2C(C(=O)OC)=CC(O)C(O)C2O)C1Cl. The van der Waals surface area contributed by atoms with Crippen molar-refractivity contribution in [2.75, 3.05) is 14.2 Å². The second-order valence-corrected chi connectivity index (χ2v) is 6.57. The Kier molecular flexibility index (Phi) is 6.98. The summed E-state index contributed by atoms with van der Waals surface area (Å²) in [5, 5.41) is 48.7. The van der Waals surface area contributed by atoms with Gasteiger partial charge in [0, 0.05) is 0 Å². The molecule has 0 bridgehead atoms. The van der Waals surface area contributed by atoms with Crippen LogP contribution in [0.25, 0.3) is 0 Å². The zero-order valence-corrected chi connectivity index (χ0v) is 15.2. The first kappa shape index (κ1) is 21.8. The van der Waals surface area contributed by atoms with Gasteiger partial charge in [-0.1, -0.05) is 0 Å². The zero-order chi connectivity index (χ0) is 20.5. The number of methoxy groups -OCH3 is 2. The lowest BCUT2D eigenvalue weighted by atomic mass is 9.87. The Hall–Kier alpha value is -1.53. The average molecular weight is 409 g/mol. The molecule has 0 saturated carbocycles. The molecule has 152 valence electrons. The third-order valence-corrected chi connectivity index (χ3v) is 4.92. The molecule has 0 amide bonds. The molecule has 0 aliphatic heterocycles. The highest BCUT2D eigenvalue weighted by Gasteiger charge is 2.47. The van der Waals surface area contributed by atoms with Gasteiger partial charge in [0.2, 0.25) is 0 Å². The van der Waals surface area contributed by atoms with E-state index < -0.39 is 60.0 Å². The molecule has 2 aliphatic carbocycles. The molecule has 5 N–H and O–H groups in total. The predicted octanol–water partition coefficient (Wildman–Crippen LogP) is -2.62. The third-order valence-electron chi connectivity index (χ3n) is 4.44. The first-order valence-corrected chi connectivity index (χ1v) is 8.37. The molecule has 0 aromatic heterocycles. The number of esters is 2. The van der Waals surface area contributed by atoms with Crippen molar-refractivity contribution in [1.29, 1.82) is 0 Å². The maximum Gasteiger partial charge on any atom is 0.336 e. The van der Waals surface area contributed by atoms with E-state index in [2.05, 4.69) is 9.47 Å². The van der Waals surface area contributed by atoms with Crippen LogP contribution in [-0.2, 0) is 23.8 Å². The van der Waals surface area contributed by atoms with Gasteiger partial charge in [0.1, 0.15) is 42.7 Å². The second-order valence-electron chi connectivity index (χ2n) is 6.10. The van der Waals surface area contributed by atoms with Crippen LogP contribution in [-0.4, -0.2) is 99.8 Å². The van der Waals surface area contributed by atoms with E-state index in [1.165, 1.54) is 0 Å². The number of aliphatic hydroxyl groups is 5. The van der Waals surface area contributed by atoms with Crippen molar-refractivity contribution in [1.82, 2.24) is 0 Å². The van der Waals surface area contributed by atoms with Crippen LogP contribution in [0.2, 0.25) is 0 Å². The summed E-state index contributed by atoms with van der Waals surface area (Å²) in [7, 11) is 2.16. The van der Waals surface area contributed by atoms with Crippen molar-refractivity contribution in [3.63, 3.8) is 0 Å². The number of aliphatic hydroxyl groups excluding tert-OH is 5. The van der Waals surface area contributed by atoms with Crippen molar-refractivity contribution in [3.8, 4) is 0 Å². The zero-order valence-electron chi connectivity index (χ0n) is 14.4. The Morgan fingerprint density at radius 3 is 1.89 bits per heavy atom. The minimum atomic E-state index is -1.78. The summed E-state index contributed by atoms with van der Waals surface area (Å²) in [6.07, 6.45) is -9.25. The van der Waals surface area contributed by atoms with E-state index in [4.69, 9.17) is 16.3 Å². The van der Waals surface area contributed by atoms with Crippen LogP contribution in [0.1, 0.15) is 0 Å². The molecule has 2 rings (SSSR count). The lowest BCUT2D eigenvalue weighted by Crippen LogP contribution is -2.56. The molecule has 2 aliphatic rings. The molecule has 0 saturated heterocycles. The molecule has 0 heterocycles. The first-order valence-electron chi connectivity index (χ1n) is 7.93. The fourth-order valence-electron chi connectivity index (χ4n) is 2.93. The van der Waals surface area contributed by atoms with Gasteiger partial charge < -0.3 is 39.7 Å². The molecule has 27 heavy (non-hydrogen) atoms. The summed E-state index contributed by atoms with van der Waals surface area (Å²) < 4.78 is 14.7. The van der Waals surface area contributed by atoms with Crippen LogP contribution in [0.3, 0.4) is 0 Å². The fourth-order valence-corrected chi connectivity index (χ4v) is 3.30. The summed E-state index contributed by atoms with van der Waals surface area (Å²) in [6.45, 7) is 0. The van der Waals surface area contributed by atoms with E-state index >= 15 is 0 Å². The summed E-state index contributed by atoms with van der Waals surface area (Å²) in [6, 6.07) is 0. The Morgan fingerprint density at radius 2 is 1.33 bits per heavy atom. The third kappa shape index (κ3) is 4.16. The molecule has 0 fully saturated rings. The number of rotatable bonds is 4. The van der Waals surface area contributed by atoms with Gasteiger partial charge in [0.25, 0.3) is 0 Å². The highest BCUT2D eigenvalue weighted by molar-refractivity contribution is 6.26. The van der Waals surface area contributed by atoms with Crippen molar-refractivity contribution in [2.45, 2.75) is 48.1 Å². The Labute approximate surface area is 159 Å². The van der Waals surface area contributed by atoms with Crippen LogP contribution >= 0.6 is 11.6 Å². The van der Waals surface area contributed by atoms with Crippen LogP contribution in [0.4, 0.5) is 0 Å². The minimum absolute atomic E-state index is 0.184. The molecule has 10 nitrogen and oxygen atoms in total. The van der Waals surface area contributed by atoms with Crippen LogP contribution in [0.5, 0.6) is 0 Å². The van der Waals surface area contributed by atoms with Gasteiger partial charge >= 0.3 is 11.9 Å². The predicted molar refractivity (Wildman–Crippen MR) is 88.5 cm³/mol. The van der Waals surface area contributed by atoms with Crippen molar-refractivity contribution in [2.24, 2.45) is 0 Å². The molecular formula is C16H21ClO10. The van der Waals surface area contributed by atoms with E-state index in [-0.39, 0.29) is 11.1 Å². The molecule has 11 heteroatoms. The van der Waals surface area contributed by atoms with Crippen molar-refractivity contribution in [3.05, 3.63) is 23.3 Å². The number of hydrogen-bond donors (Lipinski definition) is 5. The molecule has 0 aromatic rings. The topological polar surface area (TPSA) is 163 Å². The van der Waals surface area contributed by atoms with E-state index in [0.29, 0.717) is 0 Å². The average Bonchev–Trinajstić information content (AvgIpc) is 2.66. The van der Waals surface area contributed by atoms with Crippen LogP contribution in [0, 0.1) is 0 Å². The molecule has 8 atom stereocenters. The van der Waals surface area contributed by atoms with Crippen molar-refractivity contribution >= 4 is 23.5 Å². The maximum atomic E-state index is 12.0. The monoisotopic (exact) mass is 408 g/mol. The van der Waals surface area contributed by atoms with Gasteiger partial charge in [0.05, 0.1) is 30.7 Å². The molecule has 0 aromatic carbocycles. The summed E-state index contributed by atoms with van der Waals surface area (Å²) in [5.74, 6) is -1.82. The second kappa shape index (κ2) is 8.65. The van der Waals surface area contributed by atoms with E-state index in [1.807, 2.05) is 0 Å². The lowest BCUT2D eigenvalue weighted by molar-refractivity contribution is -0.167. The van der Waals surface area contributed by atoms with Gasteiger partial charge in [-0.15, -0.1) is 11.6 Å². The summed E-state index contributed by atoms with van der Waals surface area (Å²) >= 11 is 6.18. The molecule has 0 spiro atoms. The standard InChI is InChI=1S/C16H21ClO10/c1-25-15(23)5-3-8(19)11(21)14(9(5)17)27-13-6(16(24)26-2)4-7(18)10(20)12(13)22/h3-4,7-14,18-22H,1-2H3. The molecular weight excluding hydrogens is 388 g/mol. The number of hydrogen-bond acceptors (Lipinski definition) is 10. The number of carbonyl (C=O) groups is 2. The Balaban J connectivity index is 2.36. The van der Waals surface area contributed by atoms with Gasteiger partial charge in [-0.25, -0.2) is 9.59 Å². The normalized spacial score (nSPS) is 39.3.